The Bertz CT molecular complexity index is 113. The van der Waals surface area contributed by atoms with Crippen LogP contribution in [0.3, 0.4) is 0 Å². The average Bonchev–Trinajstić information content (AvgIpc) is 1.97. The first kappa shape index (κ1) is 10.4. The van der Waals surface area contributed by atoms with Crippen molar-refractivity contribution in [3.8, 4) is 0 Å². The molecule has 0 rings (SSSR count). The maximum atomic E-state index is 10.6. The van der Waals surface area contributed by atoms with E-state index in [1.807, 2.05) is 13.8 Å². The van der Waals surface area contributed by atoms with Gasteiger partial charge in [-0.3, -0.25) is 4.79 Å². The van der Waals surface area contributed by atoms with Crippen molar-refractivity contribution in [2.75, 3.05) is 13.7 Å². The van der Waals surface area contributed by atoms with E-state index in [1.165, 1.54) is 7.11 Å². The molecule has 65 valence electrons. The largest absolute Gasteiger partial charge is 0.469 e. The predicted octanol–water partition coefficient (Wildman–Crippen LogP) is 0.952. The molecule has 0 aromatic carbocycles. The van der Waals surface area contributed by atoms with Crippen LogP contribution in [0.2, 0.25) is 0 Å². The normalized spacial score (nSPS) is 10.2. The molecule has 0 aliphatic rings. The first-order valence-corrected chi connectivity index (χ1v) is 3.90. The molecule has 1 radical (unpaired) electrons. The number of methoxy groups -OCH3 is 1. The van der Waals surface area contributed by atoms with Gasteiger partial charge in [-0.15, -0.1) is 0 Å². The van der Waals surface area contributed by atoms with Gasteiger partial charge in [-0.2, -0.15) is 0 Å². The molecule has 0 saturated carbocycles. The second-order valence-corrected chi connectivity index (χ2v) is 2.68. The summed E-state index contributed by atoms with van der Waals surface area (Å²) in [5, 5.41) is 4.22. The van der Waals surface area contributed by atoms with Crippen molar-refractivity contribution in [1.82, 2.24) is 5.32 Å². The fraction of sp³-hybridized carbons (Fsp3) is 0.875. The van der Waals surface area contributed by atoms with E-state index in [0.29, 0.717) is 12.5 Å². The van der Waals surface area contributed by atoms with E-state index in [2.05, 4.69) is 10.1 Å². The Morgan fingerprint density at radius 1 is 1.55 bits per heavy atom. The van der Waals surface area contributed by atoms with E-state index in [0.717, 1.165) is 13.0 Å². The summed E-state index contributed by atoms with van der Waals surface area (Å²) in [5.74, 6) is -0.149. The summed E-state index contributed by atoms with van der Waals surface area (Å²) in [5.41, 5.74) is 0. The van der Waals surface area contributed by atoms with Gasteiger partial charge in [-0.25, -0.2) is 5.32 Å². The zero-order valence-electron chi connectivity index (χ0n) is 7.46. The average molecular weight is 158 g/mol. The smallest absolute Gasteiger partial charge is 0.305 e. The minimum atomic E-state index is -0.149. The first-order chi connectivity index (χ1) is 5.16. The highest BCUT2D eigenvalue weighted by molar-refractivity contribution is 5.68. The Labute approximate surface area is 68.1 Å². The number of hydrogen-bond acceptors (Lipinski definition) is 2. The van der Waals surface area contributed by atoms with Crippen LogP contribution in [0.25, 0.3) is 0 Å². The third-order valence-corrected chi connectivity index (χ3v) is 1.26. The highest BCUT2D eigenvalue weighted by Gasteiger charge is 1.99. The van der Waals surface area contributed by atoms with Gasteiger partial charge < -0.3 is 4.74 Å². The monoisotopic (exact) mass is 158 g/mol. The maximum Gasteiger partial charge on any atom is 0.305 e. The van der Waals surface area contributed by atoms with Gasteiger partial charge in [0, 0.05) is 19.0 Å². The Morgan fingerprint density at radius 2 is 2.18 bits per heavy atom. The maximum absolute atomic E-state index is 10.6. The lowest BCUT2D eigenvalue weighted by molar-refractivity contribution is -0.140. The van der Waals surface area contributed by atoms with Gasteiger partial charge in [-0.1, -0.05) is 0 Å². The van der Waals surface area contributed by atoms with Crippen LogP contribution in [0.1, 0.15) is 26.7 Å². The zero-order valence-corrected chi connectivity index (χ0v) is 7.46. The van der Waals surface area contributed by atoms with Crippen molar-refractivity contribution in [2.24, 2.45) is 0 Å². The van der Waals surface area contributed by atoms with Crippen LogP contribution in [0.5, 0.6) is 0 Å². The summed E-state index contributed by atoms with van der Waals surface area (Å²) in [4.78, 5) is 10.6. The molecule has 0 aliphatic carbocycles. The van der Waals surface area contributed by atoms with Gasteiger partial charge >= 0.3 is 5.97 Å². The summed E-state index contributed by atoms with van der Waals surface area (Å²) >= 11 is 0. The number of carbonyl (C=O) groups is 1. The molecule has 0 aromatic rings. The van der Waals surface area contributed by atoms with E-state index in [1.54, 1.807) is 0 Å². The molecule has 11 heavy (non-hydrogen) atoms. The Hall–Kier alpha value is -0.570. The molecule has 0 spiro atoms. The standard InChI is InChI=1S/C8H16NO2/c1-7(2)9-6-4-5-8(10)11-3/h7H,4-6H2,1-3H3. The number of esters is 1. The summed E-state index contributed by atoms with van der Waals surface area (Å²) in [6.07, 6.45) is 1.28. The molecule has 0 aliphatic heterocycles. The molecule has 0 saturated heterocycles. The molecule has 0 bridgehead atoms. The van der Waals surface area contributed by atoms with Gasteiger partial charge in [0.15, 0.2) is 0 Å². The Morgan fingerprint density at radius 3 is 2.64 bits per heavy atom. The number of hydrogen-bond donors (Lipinski definition) is 0. The first-order valence-electron chi connectivity index (χ1n) is 3.90. The van der Waals surface area contributed by atoms with Crippen LogP contribution in [0.15, 0.2) is 0 Å². The third kappa shape index (κ3) is 7.33. The van der Waals surface area contributed by atoms with Gasteiger partial charge in [-0.05, 0) is 20.3 Å². The quantitative estimate of drug-likeness (QED) is 0.441. The van der Waals surface area contributed by atoms with E-state index in [4.69, 9.17) is 0 Å². The van der Waals surface area contributed by atoms with Crippen LogP contribution in [-0.2, 0) is 9.53 Å². The fourth-order valence-corrected chi connectivity index (χ4v) is 0.675. The molecule has 0 amide bonds. The SMILES string of the molecule is COC(=O)CCC[N]C(C)C. The summed E-state index contributed by atoms with van der Waals surface area (Å²) in [6.45, 7) is 4.81. The molecular weight excluding hydrogens is 142 g/mol. The number of rotatable bonds is 5. The number of ether oxygens (including phenoxy) is 1. The Kier molecular flexibility index (Phi) is 5.84. The molecular formula is C8H16NO2. The van der Waals surface area contributed by atoms with Crippen molar-refractivity contribution in [3.05, 3.63) is 0 Å². The molecule has 0 heterocycles. The van der Waals surface area contributed by atoms with Crippen molar-refractivity contribution in [3.63, 3.8) is 0 Å². The summed E-state index contributed by atoms with van der Waals surface area (Å²) < 4.78 is 4.48. The van der Waals surface area contributed by atoms with Gasteiger partial charge in [0.25, 0.3) is 0 Å². The van der Waals surface area contributed by atoms with Crippen LogP contribution in [-0.4, -0.2) is 25.7 Å². The molecule has 3 nitrogen and oxygen atoms in total. The van der Waals surface area contributed by atoms with Crippen molar-refractivity contribution >= 4 is 5.97 Å². The molecule has 0 atom stereocenters. The van der Waals surface area contributed by atoms with Gasteiger partial charge in [0.1, 0.15) is 0 Å². The predicted molar refractivity (Wildman–Crippen MR) is 43.4 cm³/mol. The lowest BCUT2D eigenvalue weighted by Crippen LogP contribution is -2.16. The fourth-order valence-electron chi connectivity index (χ4n) is 0.675. The lowest BCUT2D eigenvalue weighted by Gasteiger charge is -2.03. The number of nitrogens with zero attached hydrogens (tertiary/aromatic N) is 1. The molecule has 0 aromatic heterocycles. The van der Waals surface area contributed by atoms with Crippen LogP contribution in [0.4, 0.5) is 0 Å². The van der Waals surface area contributed by atoms with Gasteiger partial charge in [0.05, 0.1) is 7.11 Å². The number of carbonyl (C=O) groups excluding carboxylic acids is 1. The molecule has 0 fully saturated rings. The molecule has 0 N–H and O–H groups in total. The Balaban J connectivity index is 3.08. The van der Waals surface area contributed by atoms with E-state index >= 15 is 0 Å². The highest BCUT2D eigenvalue weighted by atomic mass is 16.5. The van der Waals surface area contributed by atoms with Crippen molar-refractivity contribution < 1.29 is 9.53 Å². The van der Waals surface area contributed by atoms with E-state index in [-0.39, 0.29) is 5.97 Å². The second kappa shape index (κ2) is 6.16. The highest BCUT2D eigenvalue weighted by Crippen LogP contribution is 1.91. The topological polar surface area (TPSA) is 40.4 Å². The molecule has 0 unspecified atom stereocenters. The van der Waals surface area contributed by atoms with Crippen molar-refractivity contribution in [1.29, 1.82) is 0 Å². The van der Waals surface area contributed by atoms with Crippen LogP contribution < -0.4 is 5.32 Å². The lowest BCUT2D eigenvalue weighted by atomic mass is 10.3. The zero-order chi connectivity index (χ0) is 8.69. The minimum Gasteiger partial charge on any atom is -0.469 e. The van der Waals surface area contributed by atoms with Crippen LogP contribution >= 0.6 is 0 Å². The minimum absolute atomic E-state index is 0.149. The third-order valence-electron chi connectivity index (χ3n) is 1.26. The van der Waals surface area contributed by atoms with Crippen molar-refractivity contribution in [2.45, 2.75) is 32.7 Å². The summed E-state index contributed by atoms with van der Waals surface area (Å²) in [6, 6.07) is 0.368. The molecule has 3 heteroatoms. The van der Waals surface area contributed by atoms with E-state index in [9.17, 15) is 4.79 Å². The summed E-state index contributed by atoms with van der Waals surface area (Å²) in [7, 11) is 1.40. The van der Waals surface area contributed by atoms with Gasteiger partial charge in [0.2, 0.25) is 0 Å². The van der Waals surface area contributed by atoms with Crippen LogP contribution in [0, 0.1) is 0 Å². The van der Waals surface area contributed by atoms with E-state index < -0.39 is 0 Å². The second-order valence-electron chi connectivity index (χ2n) is 2.68.